The Labute approximate surface area is 121 Å². The van der Waals surface area contributed by atoms with Crippen LogP contribution in [0.5, 0.6) is 0 Å². The molecule has 1 heterocycles. The highest BCUT2D eigenvalue weighted by atomic mass is 79.9. The molecular formula is C12H8BrClF2N2O. The van der Waals surface area contributed by atoms with Gasteiger partial charge in [0.05, 0.1) is 10.7 Å². The number of carbonyl (C=O) groups excluding carboxylic acids is 1. The molecule has 0 fully saturated rings. The normalized spacial score (nSPS) is 10.6. The summed E-state index contributed by atoms with van der Waals surface area (Å²) >= 11 is 8.93. The first-order valence-electron chi connectivity index (χ1n) is 5.16. The summed E-state index contributed by atoms with van der Waals surface area (Å²) in [5.41, 5.74) is 0.0667. The van der Waals surface area contributed by atoms with Crippen LogP contribution in [0.3, 0.4) is 0 Å². The largest absolute Gasteiger partial charge is 0.345 e. The summed E-state index contributed by atoms with van der Waals surface area (Å²) in [7, 11) is 1.67. The van der Waals surface area contributed by atoms with Crippen molar-refractivity contribution in [1.82, 2.24) is 4.57 Å². The maximum atomic E-state index is 13.5. The number of nitrogens with one attached hydrogen (secondary N) is 1. The number of hydrogen-bond acceptors (Lipinski definition) is 1. The van der Waals surface area contributed by atoms with Gasteiger partial charge in [-0.1, -0.05) is 11.6 Å². The van der Waals surface area contributed by atoms with Gasteiger partial charge in [-0.05, 0) is 28.1 Å². The van der Waals surface area contributed by atoms with Crippen LogP contribution in [0.15, 0.2) is 28.9 Å². The fourth-order valence-corrected chi connectivity index (χ4v) is 2.35. The van der Waals surface area contributed by atoms with Gasteiger partial charge in [0.15, 0.2) is 5.82 Å². The van der Waals surface area contributed by atoms with Crippen LogP contribution in [0.1, 0.15) is 10.5 Å². The van der Waals surface area contributed by atoms with Gasteiger partial charge >= 0.3 is 0 Å². The topological polar surface area (TPSA) is 34.0 Å². The van der Waals surface area contributed by atoms with Gasteiger partial charge < -0.3 is 9.88 Å². The van der Waals surface area contributed by atoms with Crippen LogP contribution in [-0.2, 0) is 7.05 Å². The number of nitrogens with zero attached hydrogens (tertiary/aromatic N) is 1. The van der Waals surface area contributed by atoms with Crippen LogP contribution in [0.25, 0.3) is 0 Å². The second-order valence-electron chi connectivity index (χ2n) is 3.85. The van der Waals surface area contributed by atoms with Crippen LogP contribution in [0.4, 0.5) is 14.5 Å². The predicted molar refractivity (Wildman–Crippen MR) is 72.4 cm³/mol. The number of benzene rings is 1. The Kier molecular flexibility index (Phi) is 3.91. The van der Waals surface area contributed by atoms with Crippen LogP contribution >= 0.6 is 27.5 Å². The molecule has 100 valence electrons. The van der Waals surface area contributed by atoms with Gasteiger partial charge in [0.25, 0.3) is 5.91 Å². The van der Waals surface area contributed by atoms with Gasteiger partial charge in [0, 0.05) is 23.8 Å². The minimum atomic E-state index is -0.924. The molecule has 0 saturated carbocycles. The number of aromatic nitrogens is 1. The number of halogens is 4. The summed E-state index contributed by atoms with van der Waals surface area (Å²) in [6.45, 7) is 0. The molecule has 0 atom stereocenters. The smallest absolute Gasteiger partial charge is 0.272 e. The van der Waals surface area contributed by atoms with E-state index in [1.807, 2.05) is 0 Å². The van der Waals surface area contributed by atoms with E-state index < -0.39 is 17.5 Å². The zero-order valence-electron chi connectivity index (χ0n) is 9.68. The van der Waals surface area contributed by atoms with E-state index in [-0.39, 0.29) is 10.7 Å². The highest BCUT2D eigenvalue weighted by Crippen LogP contribution is 2.27. The lowest BCUT2D eigenvalue weighted by molar-refractivity contribution is 0.101. The quantitative estimate of drug-likeness (QED) is 0.874. The van der Waals surface area contributed by atoms with Crippen LogP contribution in [0, 0.1) is 11.6 Å². The molecule has 0 spiro atoms. The molecule has 0 radical (unpaired) electrons. The first-order valence-corrected chi connectivity index (χ1v) is 6.33. The fourth-order valence-electron chi connectivity index (χ4n) is 1.59. The average molecular weight is 350 g/mol. The molecule has 0 bridgehead atoms. The van der Waals surface area contributed by atoms with Crippen molar-refractivity contribution < 1.29 is 13.6 Å². The standard InChI is InChI=1S/C12H8BrClF2N2O/c1-18-5-6(13)2-10(18)12(19)17-11-8(14)3-7(15)4-9(11)16/h2-5H,1H3,(H,17,19). The Bertz CT molecular complexity index is 634. The molecule has 1 amide bonds. The third-order valence-corrected chi connectivity index (χ3v) is 3.18. The lowest BCUT2D eigenvalue weighted by Crippen LogP contribution is -2.16. The summed E-state index contributed by atoms with van der Waals surface area (Å²) in [5.74, 6) is -2.27. The van der Waals surface area contributed by atoms with Gasteiger partial charge in [0.2, 0.25) is 0 Å². The number of rotatable bonds is 2. The monoisotopic (exact) mass is 348 g/mol. The van der Waals surface area contributed by atoms with Crippen molar-refractivity contribution in [2.24, 2.45) is 7.05 Å². The Morgan fingerprint density at radius 2 is 2.05 bits per heavy atom. The summed E-state index contributed by atoms with van der Waals surface area (Å²) in [6, 6.07) is 3.16. The second-order valence-corrected chi connectivity index (χ2v) is 5.18. The number of aryl methyl sites for hydroxylation is 1. The summed E-state index contributed by atoms with van der Waals surface area (Å²) in [6.07, 6.45) is 1.68. The number of hydrogen-bond donors (Lipinski definition) is 1. The third-order valence-electron chi connectivity index (χ3n) is 2.45. The number of anilines is 1. The van der Waals surface area contributed by atoms with E-state index >= 15 is 0 Å². The Balaban J connectivity index is 2.32. The van der Waals surface area contributed by atoms with E-state index in [9.17, 15) is 13.6 Å². The molecular weight excluding hydrogens is 341 g/mol. The summed E-state index contributed by atoms with van der Waals surface area (Å²) in [4.78, 5) is 12.0. The van der Waals surface area contributed by atoms with Gasteiger partial charge in [0.1, 0.15) is 11.5 Å². The van der Waals surface area contributed by atoms with Crippen LogP contribution < -0.4 is 5.32 Å². The highest BCUT2D eigenvalue weighted by Gasteiger charge is 2.16. The summed E-state index contributed by atoms with van der Waals surface area (Å²) < 4.78 is 28.7. The highest BCUT2D eigenvalue weighted by molar-refractivity contribution is 9.10. The minimum absolute atomic E-state index is 0.195. The maximum absolute atomic E-state index is 13.5. The number of carbonyl (C=O) groups is 1. The molecule has 1 aromatic carbocycles. The van der Waals surface area contributed by atoms with Crippen molar-refractivity contribution in [3.63, 3.8) is 0 Å². The Morgan fingerprint density at radius 1 is 1.37 bits per heavy atom. The molecule has 19 heavy (non-hydrogen) atoms. The van der Waals surface area contributed by atoms with E-state index in [2.05, 4.69) is 21.2 Å². The zero-order chi connectivity index (χ0) is 14.2. The van der Waals surface area contributed by atoms with Gasteiger partial charge in [-0.15, -0.1) is 0 Å². The van der Waals surface area contributed by atoms with Crippen molar-refractivity contribution in [2.45, 2.75) is 0 Å². The minimum Gasteiger partial charge on any atom is -0.345 e. The van der Waals surface area contributed by atoms with E-state index in [0.29, 0.717) is 16.2 Å². The van der Waals surface area contributed by atoms with Crippen molar-refractivity contribution in [3.05, 3.63) is 51.2 Å². The molecule has 0 saturated heterocycles. The molecule has 2 aromatic rings. The van der Waals surface area contributed by atoms with E-state index in [1.54, 1.807) is 23.9 Å². The van der Waals surface area contributed by atoms with Gasteiger partial charge in [-0.2, -0.15) is 0 Å². The van der Waals surface area contributed by atoms with Gasteiger partial charge in [-0.3, -0.25) is 4.79 Å². The van der Waals surface area contributed by atoms with E-state index in [0.717, 1.165) is 6.07 Å². The van der Waals surface area contributed by atoms with E-state index in [4.69, 9.17) is 11.6 Å². The molecule has 0 aliphatic rings. The maximum Gasteiger partial charge on any atom is 0.272 e. The lowest BCUT2D eigenvalue weighted by atomic mass is 10.2. The first kappa shape index (κ1) is 14.0. The molecule has 0 unspecified atom stereocenters. The molecule has 1 N–H and O–H groups in total. The molecule has 0 aliphatic heterocycles. The lowest BCUT2D eigenvalue weighted by Gasteiger charge is -2.09. The predicted octanol–water partition coefficient (Wildman–Crippen LogP) is 3.97. The van der Waals surface area contributed by atoms with Crippen molar-refractivity contribution >= 4 is 39.1 Å². The molecule has 1 aromatic heterocycles. The van der Waals surface area contributed by atoms with Gasteiger partial charge in [-0.25, -0.2) is 8.78 Å². The average Bonchev–Trinajstić information content (AvgIpc) is 2.62. The molecule has 7 heteroatoms. The third kappa shape index (κ3) is 2.96. The van der Waals surface area contributed by atoms with Crippen molar-refractivity contribution in [1.29, 1.82) is 0 Å². The van der Waals surface area contributed by atoms with Crippen molar-refractivity contribution in [2.75, 3.05) is 5.32 Å². The number of amides is 1. The fraction of sp³-hybridized carbons (Fsp3) is 0.0833. The molecule has 3 nitrogen and oxygen atoms in total. The Hall–Kier alpha value is -1.40. The molecule has 0 aliphatic carbocycles. The summed E-state index contributed by atoms with van der Waals surface area (Å²) in [5, 5.41) is 2.13. The van der Waals surface area contributed by atoms with Crippen molar-refractivity contribution in [3.8, 4) is 0 Å². The van der Waals surface area contributed by atoms with E-state index in [1.165, 1.54) is 0 Å². The first-order chi connectivity index (χ1) is 8.88. The Morgan fingerprint density at radius 3 is 2.58 bits per heavy atom. The van der Waals surface area contributed by atoms with Crippen LogP contribution in [0.2, 0.25) is 5.02 Å². The zero-order valence-corrected chi connectivity index (χ0v) is 12.0. The SMILES string of the molecule is Cn1cc(Br)cc1C(=O)Nc1c(F)cc(F)cc1Cl. The second kappa shape index (κ2) is 5.30. The van der Waals surface area contributed by atoms with Crippen LogP contribution in [-0.4, -0.2) is 10.5 Å². The molecule has 2 rings (SSSR count).